The Morgan fingerprint density at radius 3 is 2.88 bits per heavy atom. The molecule has 140 valence electrons. The summed E-state index contributed by atoms with van der Waals surface area (Å²) in [6.07, 6.45) is 1.09. The lowest BCUT2D eigenvalue weighted by molar-refractivity contribution is -0.124. The summed E-state index contributed by atoms with van der Waals surface area (Å²) in [6, 6.07) is 1.88. The predicted octanol–water partition coefficient (Wildman–Crippen LogP) is 1.37. The fourth-order valence-electron chi connectivity index (χ4n) is 2.41. The molecule has 1 aromatic heterocycles. The normalized spacial score (nSPS) is 18.3. The molecule has 9 heteroatoms. The molecule has 1 saturated heterocycles. The highest BCUT2D eigenvalue weighted by molar-refractivity contribution is 6.33. The van der Waals surface area contributed by atoms with Crippen LogP contribution in [-0.4, -0.2) is 59.0 Å². The van der Waals surface area contributed by atoms with Gasteiger partial charge in [-0.15, -0.1) is 0 Å². The number of nitriles is 1. The Balaban J connectivity index is 2.03. The lowest BCUT2D eigenvalue weighted by Crippen LogP contribution is -2.50. The molecule has 0 bridgehead atoms. The van der Waals surface area contributed by atoms with E-state index in [0.717, 1.165) is 0 Å². The van der Waals surface area contributed by atoms with Crippen molar-refractivity contribution in [2.45, 2.75) is 32.8 Å². The first-order chi connectivity index (χ1) is 12.3. The lowest BCUT2D eigenvalue weighted by Gasteiger charge is -2.33. The summed E-state index contributed by atoms with van der Waals surface area (Å²) in [6.45, 7) is 6.69. The molecule has 1 aliphatic rings. The average molecular weight is 380 g/mol. The standard InChI is InChI=1S/C17H22ClN5O3/c1-10(2)15-20-8-13(18)14(22-15)17(25)23-4-5-26-12(9-23)7-21-16(24)11(3)6-19/h8,10-12H,4-5,7,9H2,1-3H3,(H,21,24). The van der Waals surface area contributed by atoms with Crippen LogP contribution in [0.4, 0.5) is 0 Å². The zero-order chi connectivity index (χ0) is 19.3. The Morgan fingerprint density at radius 1 is 1.50 bits per heavy atom. The van der Waals surface area contributed by atoms with Gasteiger partial charge in [0.15, 0.2) is 5.69 Å². The Bertz CT molecular complexity index is 719. The molecule has 1 aliphatic heterocycles. The third kappa shape index (κ3) is 4.90. The maximum atomic E-state index is 12.8. The van der Waals surface area contributed by atoms with E-state index < -0.39 is 5.92 Å². The molecule has 2 unspecified atom stereocenters. The highest BCUT2D eigenvalue weighted by Crippen LogP contribution is 2.19. The second-order valence-corrected chi connectivity index (χ2v) is 6.83. The number of nitrogens with one attached hydrogen (secondary N) is 1. The number of aromatic nitrogens is 2. The zero-order valence-corrected chi connectivity index (χ0v) is 15.8. The minimum absolute atomic E-state index is 0.0774. The van der Waals surface area contributed by atoms with Gasteiger partial charge in [0, 0.05) is 25.6 Å². The molecule has 0 aromatic carbocycles. The van der Waals surface area contributed by atoms with Gasteiger partial charge >= 0.3 is 0 Å². The molecule has 0 aliphatic carbocycles. The van der Waals surface area contributed by atoms with Gasteiger partial charge in [-0.05, 0) is 6.92 Å². The Labute approximate surface area is 157 Å². The molecular formula is C17H22ClN5O3. The number of morpholine rings is 1. The summed E-state index contributed by atoms with van der Waals surface area (Å²) < 4.78 is 5.59. The van der Waals surface area contributed by atoms with Crippen LogP contribution in [0.25, 0.3) is 0 Å². The summed E-state index contributed by atoms with van der Waals surface area (Å²) in [7, 11) is 0. The molecule has 1 fully saturated rings. The maximum Gasteiger partial charge on any atom is 0.274 e. The van der Waals surface area contributed by atoms with Crippen molar-refractivity contribution in [3.05, 3.63) is 22.7 Å². The Hall–Kier alpha value is -2.24. The number of hydrogen-bond acceptors (Lipinski definition) is 6. The number of halogens is 1. The lowest BCUT2D eigenvalue weighted by atomic mass is 10.2. The topological polar surface area (TPSA) is 108 Å². The number of rotatable bonds is 5. The Kier molecular flexibility index (Phi) is 6.89. The van der Waals surface area contributed by atoms with Crippen LogP contribution in [0.3, 0.4) is 0 Å². The van der Waals surface area contributed by atoms with E-state index in [-0.39, 0.29) is 41.1 Å². The number of carbonyl (C=O) groups is 2. The molecule has 2 rings (SSSR count). The van der Waals surface area contributed by atoms with Crippen molar-refractivity contribution in [2.75, 3.05) is 26.2 Å². The molecule has 2 amide bonds. The molecule has 26 heavy (non-hydrogen) atoms. The van der Waals surface area contributed by atoms with Crippen LogP contribution < -0.4 is 5.32 Å². The van der Waals surface area contributed by atoms with E-state index in [1.54, 1.807) is 4.90 Å². The molecule has 1 aromatic rings. The number of nitrogens with zero attached hydrogens (tertiary/aromatic N) is 4. The van der Waals surface area contributed by atoms with Gasteiger partial charge in [-0.2, -0.15) is 5.26 Å². The molecule has 2 heterocycles. The number of hydrogen-bond donors (Lipinski definition) is 1. The first-order valence-electron chi connectivity index (χ1n) is 8.44. The quantitative estimate of drug-likeness (QED) is 0.827. The van der Waals surface area contributed by atoms with E-state index in [1.807, 2.05) is 19.9 Å². The minimum atomic E-state index is -0.731. The second kappa shape index (κ2) is 8.92. The summed E-state index contributed by atoms with van der Waals surface area (Å²) in [5.74, 6) is -0.746. The van der Waals surface area contributed by atoms with E-state index in [1.165, 1.54) is 13.1 Å². The molecule has 1 N–H and O–H groups in total. The summed E-state index contributed by atoms with van der Waals surface area (Å²) >= 11 is 6.11. The van der Waals surface area contributed by atoms with Gasteiger partial charge < -0.3 is 15.0 Å². The van der Waals surface area contributed by atoms with Gasteiger partial charge in [0.25, 0.3) is 5.91 Å². The summed E-state index contributed by atoms with van der Waals surface area (Å²) in [5.41, 5.74) is 0.174. The van der Waals surface area contributed by atoms with Gasteiger partial charge in [0.05, 0.1) is 30.0 Å². The van der Waals surface area contributed by atoms with Gasteiger partial charge in [-0.1, -0.05) is 25.4 Å². The molecule has 0 saturated carbocycles. The number of amides is 2. The van der Waals surface area contributed by atoms with Crippen molar-refractivity contribution in [1.82, 2.24) is 20.2 Å². The van der Waals surface area contributed by atoms with Crippen LogP contribution in [0.1, 0.15) is 43.0 Å². The predicted molar refractivity (Wildman–Crippen MR) is 94.6 cm³/mol. The third-order valence-electron chi connectivity index (χ3n) is 4.00. The maximum absolute atomic E-state index is 12.8. The fourth-order valence-corrected chi connectivity index (χ4v) is 2.58. The summed E-state index contributed by atoms with van der Waals surface area (Å²) in [5, 5.41) is 11.6. The molecule has 8 nitrogen and oxygen atoms in total. The van der Waals surface area contributed by atoms with Crippen molar-refractivity contribution in [1.29, 1.82) is 5.26 Å². The van der Waals surface area contributed by atoms with Gasteiger partial charge in [0.1, 0.15) is 11.7 Å². The Morgan fingerprint density at radius 2 is 2.23 bits per heavy atom. The third-order valence-corrected chi connectivity index (χ3v) is 4.28. The first-order valence-corrected chi connectivity index (χ1v) is 8.82. The largest absolute Gasteiger partial charge is 0.373 e. The number of carbonyl (C=O) groups excluding carboxylic acids is 2. The van der Waals surface area contributed by atoms with Crippen molar-refractivity contribution in [2.24, 2.45) is 5.92 Å². The van der Waals surface area contributed by atoms with Gasteiger partial charge in [0.2, 0.25) is 5.91 Å². The van der Waals surface area contributed by atoms with Crippen LogP contribution >= 0.6 is 11.6 Å². The van der Waals surface area contributed by atoms with Crippen LogP contribution in [0.5, 0.6) is 0 Å². The highest BCUT2D eigenvalue weighted by Gasteiger charge is 2.28. The van der Waals surface area contributed by atoms with E-state index in [9.17, 15) is 9.59 Å². The van der Waals surface area contributed by atoms with Crippen molar-refractivity contribution < 1.29 is 14.3 Å². The molecule has 0 spiro atoms. The molecular weight excluding hydrogens is 358 g/mol. The van der Waals surface area contributed by atoms with E-state index >= 15 is 0 Å². The van der Waals surface area contributed by atoms with E-state index in [0.29, 0.717) is 25.5 Å². The minimum Gasteiger partial charge on any atom is -0.373 e. The number of ether oxygens (including phenoxy) is 1. The van der Waals surface area contributed by atoms with Gasteiger partial charge in [-0.25, -0.2) is 9.97 Å². The average Bonchev–Trinajstić information content (AvgIpc) is 2.65. The van der Waals surface area contributed by atoms with Crippen molar-refractivity contribution in [3.63, 3.8) is 0 Å². The van der Waals surface area contributed by atoms with Crippen LogP contribution in [0.2, 0.25) is 5.02 Å². The van der Waals surface area contributed by atoms with Crippen LogP contribution in [-0.2, 0) is 9.53 Å². The van der Waals surface area contributed by atoms with Crippen LogP contribution in [0.15, 0.2) is 6.20 Å². The van der Waals surface area contributed by atoms with Gasteiger partial charge in [-0.3, -0.25) is 9.59 Å². The van der Waals surface area contributed by atoms with Crippen molar-refractivity contribution >= 4 is 23.4 Å². The molecule has 2 atom stereocenters. The van der Waals surface area contributed by atoms with Crippen molar-refractivity contribution in [3.8, 4) is 6.07 Å². The summed E-state index contributed by atoms with van der Waals surface area (Å²) in [4.78, 5) is 34.5. The zero-order valence-electron chi connectivity index (χ0n) is 15.0. The highest BCUT2D eigenvalue weighted by atomic mass is 35.5. The van der Waals surface area contributed by atoms with E-state index in [2.05, 4.69) is 15.3 Å². The smallest absolute Gasteiger partial charge is 0.274 e. The second-order valence-electron chi connectivity index (χ2n) is 6.42. The molecule has 0 radical (unpaired) electrons. The fraction of sp³-hybridized carbons (Fsp3) is 0.588. The van der Waals surface area contributed by atoms with E-state index in [4.69, 9.17) is 21.6 Å². The SMILES string of the molecule is CC(C#N)C(=O)NCC1CN(C(=O)c2nc(C(C)C)ncc2Cl)CCO1. The first kappa shape index (κ1) is 20.1. The monoisotopic (exact) mass is 379 g/mol. The van der Waals surface area contributed by atoms with Crippen LogP contribution in [0, 0.1) is 17.2 Å².